The average Bonchev–Trinajstić information content (AvgIpc) is 2.97. The molecule has 0 fully saturated rings. The van der Waals surface area contributed by atoms with Gasteiger partial charge in [-0.15, -0.1) is 0 Å². The number of aromatic nitrogens is 1. The average molecular weight is 323 g/mol. The van der Waals surface area contributed by atoms with Crippen LogP contribution in [0.3, 0.4) is 0 Å². The number of carbonyl (C=O) groups excluding carboxylic acids is 1. The van der Waals surface area contributed by atoms with Crippen LogP contribution in [0.25, 0.3) is 0 Å². The number of halogens is 1. The molecule has 0 unspecified atom stereocenters. The lowest BCUT2D eigenvalue weighted by molar-refractivity contribution is -0.384. The Balaban J connectivity index is 1.86. The van der Waals surface area contributed by atoms with E-state index in [0.717, 1.165) is 12.3 Å². The van der Waals surface area contributed by atoms with E-state index in [0.29, 0.717) is 5.69 Å². The quantitative estimate of drug-likeness (QED) is 0.388. The van der Waals surface area contributed by atoms with E-state index in [4.69, 9.17) is 12.2 Å². The van der Waals surface area contributed by atoms with Crippen molar-refractivity contribution in [3.8, 4) is 0 Å². The van der Waals surface area contributed by atoms with Crippen LogP contribution in [0.2, 0.25) is 0 Å². The molecule has 0 spiro atoms. The van der Waals surface area contributed by atoms with Crippen molar-refractivity contribution >= 4 is 34.6 Å². The van der Waals surface area contributed by atoms with E-state index >= 15 is 0 Å². The van der Waals surface area contributed by atoms with Crippen LogP contribution in [-0.2, 0) is 0 Å². The standard InChI is InChI=1S/C12H10FN5O3S/c13-7-1-3-8(4-2-7)15-12(22)17-16-11(19)10-5-9(6-14-10)18(20)21/h1-6,14H,(H,16,19)(H2,15,17,22). The number of aromatic amines is 1. The van der Waals surface area contributed by atoms with E-state index < -0.39 is 10.8 Å². The van der Waals surface area contributed by atoms with Gasteiger partial charge in [0.05, 0.1) is 11.1 Å². The van der Waals surface area contributed by atoms with Gasteiger partial charge in [0.25, 0.3) is 11.6 Å². The molecule has 1 amide bonds. The van der Waals surface area contributed by atoms with Gasteiger partial charge in [0, 0.05) is 11.8 Å². The molecule has 0 aliphatic heterocycles. The van der Waals surface area contributed by atoms with Gasteiger partial charge >= 0.3 is 0 Å². The number of H-pyrrole nitrogens is 1. The maximum absolute atomic E-state index is 12.7. The van der Waals surface area contributed by atoms with Crippen molar-refractivity contribution in [3.63, 3.8) is 0 Å². The smallest absolute Gasteiger partial charge is 0.287 e. The van der Waals surface area contributed by atoms with Crippen LogP contribution in [-0.4, -0.2) is 20.9 Å². The van der Waals surface area contributed by atoms with Crippen molar-refractivity contribution in [1.29, 1.82) is 0 Å². The maximum atomic E-state index is 12.7. The first-order valence-corrected chi connectivity index (χ1v) is 6.32. The molecule has 22 heavy (non-hydrogen) atoms. The van der Waals surface area contributed by atoms with Crippen molar-refractivity contribution in [2.45, 2.75) is 0 Å². The third-order valence-electron chi connectivity index (χ3n) is 2.51. The molecule has 0 aliphatic rings. The van der Waals surface area contributed by atoms with Gasteiger partial charge in [-0.1, -0.05) is 0 Å². The normalized spacial score (nSPS) is 9.86. The van der Waals surface area contributed by atoms with E-state index in [1.165, 1.54) is 24.3 Å². The molecule has 0 atom stereocenters. The molecule has 1 aromatic carbocycles. The van der Waals surface area contributed by atoms with Gasteiger partial charge in [-0.3, -0.25) is 25.8 Å². The van der Waals surface area contributed by atoms with Gasteiger partial charge in [0.1, 0.15) is 11.5 Å². The Hall–Kier alpha value is -3.01. The lowest BCUT2D eigenvalue weighted by Crippen LogP contribution is -2.43. The fraction of sp³-hybridized carbons (Fsp3) is 0. The summed E-state index contributed by atoms with van der Waals surface area (Å²) < 4.78 is 12.7. The second-order valence-electron chi connectivity index (χ2n) is 4.07. The molecule has 0 bridgehead atoms. The molecular weight excluding hydrogens is 313 g/mol. The number of rotatable bonds is 3. The van der Waals surface area contributed by atoms with Crippen LogP contribution in [0.5, 0.6) is 0 Å². The molecule has 1 heterocycles. The topological polar surface area (TPSA) is 112 Å². The number of anilines is 1. The number of nitrogens with zero attached hydrogens (tertiary/aromatic N) is 1. The number of hydrogen-bond donors (Lipinski definition) is 4. The molecule has 10 heteroatoms. The molecule has 0 saturated heterocycles. The molecule has 4 N–H and O–H groups in total. The Morgan fingerprint density at radius 2 is 1.95 bits per heavy atom. The molecule has 0 radical (unpaired) electrons. The first-order valence-electron chi connectivity index (χ1n) is 5.91. The van der Waals surface area contributed by atoms with E-state index in [1.807, 2.05) is 0 Å². The second kappa shape index (κ2) is 6.63. The number of hydrazine groups is 1. The molecule has 2 rings (SSSR count). The third kappa shape index (κ3) is 3.99. The maximum Gasteiger partial charge on any atom is 0.287 e. The van der Waals surface area contributed by atoms with Crippen molar-refractivity contribution in [2.24, 2.45) is 0 Å². The Kier molecular flexibility index (Phi) is 4.63. The number of hydrogen-bond acceptors (Lipinski definition) is 4. The van der Waals surface area contributed by atoms with Crippen LogP contribution < -0.4 is 16.2 Å². The number of amides is 1. The molecule has 0 aliphatic carbocycles. The van der Waals surface area contributed by atoms with E-state index in [9.17, 15) is 19.3 Å². The largest absolute Gasteiger partial charge is 0.351 e. The van der Waals surface area contributed by atoms with Gasteiger partial charge in [0.2, 0.25) is 0 Å². The predicted molar refractivity (Wildman–Crippen MR) is 80.7 cm³/mol. The number of thiocarbonyl (C=S) groups is 1. The van der Waals surface area contributed by atoms with Crippen molar-refractivity contribution < 1.29 is 14.1 Å². The van der Waals surface area contributed by atoms with Crippen LogP contribution in [0.15, 0.2) is 36.5 Å². The Labute approximate surface area is 128 Å². The minimum absolute atomic E-state index is 0.00350. The van der Waals surface area contributed by atoms with Crippen LogP contribution in [0.1, 0.15) is 10.5 Å². The van der Waals surface area contributed by atoms with Crippen LogP contribution in [0, 0.1) is 15.9 Å². The SMILES string of the molecule is O=C(NNC(=S)Nc1ccc(F)cc1)c1cc([N+](=O)[O-])c[nH]1. The number of nitrogens with one attached hydrogen (secondary N) is 4. The molecular formula is C12H10FN5O3S. The van der Waals surface area contributed by atoms with Gasteiger partial charge in [0.15, 0.2) is 5.11 Å². The van der Waals surface area contributed by atoms with Gasteiger partial charge < -0.3 is 10.3 Å². The molecule has 114 valence electrons. The summed E-state index contributed by atoms with van der Waals surface area (Å²) in [5.41, 5.74) is 4.99. The van der Waals surface area contributed by atoms with Gasteiger partial charge in [-0.25, -0.2) is 4.39 Å². The summed E-state index contributed by atoms with van der Waals surface area (Å²) in [7, 11) is 0. The highest BCUT2D eigenvalue weighted by molar-refractivity contribution is 7.80. The highest BCUT2D eigenvalue weighted by Gasteiger charge is 2.14. The zero-order valence-corrected chi connectivity index (χ0v) is 11.7. The van der Waals surface area contributed by atoms with E-state index in [-0.39, 0.29) is 22.3 Å². The monoisotopic (exact) mass is 323 g/mol. The molecule has 2 aromatic rings. The lowest BCUT2D eigenvalue weighted by Gasteiger charge is -2.10. The first-order chi connectivity index (χ1) is 10.5. The Morgan fingerprint density at radius 3 is 2.55 bits per heavy atom. The Bertz CT molecular complexity index is 716. The van der Waals surface area contributed by atoms with Gasteiger partial charge in [-0.05, 0) is 36.5 Å². The summed E-state index contributed by atoms with van der Waals surface area (Å²) in [5.74, 6) is -1.01. The highest BCUT2D eigenvalue weighted by Crippen LogP contribution is 2.11. The van der Waals surface area contributed by atoms with Crippen molar-refractivity contribution in [2.75, 3.05) is 5.32 Å². The fourth-order valence-corrected chi connectivity index (χ4v) is 1.66. The minimum atomic E-state index is -0.628. The zero-order valence-electron chi connectivity index (χ0n) is 10.9. The number of carbonyl (C=O) groups is 1. The molecule has 8 nitrogen and oxygen atoms in total. The predicted octanol–water partition coefficient (Wildman–Crippen LogP) is 1.69. The number of benzene rings is 1. The second-order valence-corrected chi connectivity index (χ2v) is 4.48. The summed E-state index contributed by atoms with van der Waals surface area (Å²) in [6.07, 6.45) is 1.10. The van der Waals surface area contributed by atoms with Crippen molar-refractivity contribution in [1.82, 2.24) is 15.8 Å². The summed E-state index contributed by atoms with van der Waals surface area (Å²) in [5, 5.41) is 13.3. The molecule has 0 saturated carbocycles. The lowest BCUT2D eigenvalue weighted by atomic mass is 10.3. The van der Waals surface area contributed by atoms with Crippen LogP contribution in [0.4, 0.5) is 15.8 Å². The summed E-state index contributed by atoms with van der Waals surface area (Å²) >= 11 is 4.93. The van der Waals surface area contributed by atoms with Crippen molar-refractivity contribution in [3.05, 3.63) is 58.2 Å². The zero-order chi connectivity index (χ0) is 16.1. The Morgan fingerprint density at radius 1 is 1.27 bits per heavy atom. The summed E-state index contributed by atoms with van der Waals surface area (Å²) in [6, 6.07) is 6.54. The minimum Gasteiger partial charge on any atom is -0.351 e. The first kappa shape index (κ1) is 15.4. The van der Waals surface area contributed by atoms with E-state index in [1.54, 1.807) is 0 Å². The third-order valence-corrected chi connectivity index (χ3v) is 2.72. The fourth-order valence-electron chi connectivity index (χ4n) is 1.50. The van der Waals surface area contributed by atoms with Gasteiger partial charge in [-0.2, -0.15) is 0 Å². The van der Waals surface area contributed by atoms with E-state index in [2.05, 4.69) is 21.2 Å². The van der Waals surface area contributed by atoms with Crippen LogP contribution >= 0.6 is 12.2 Å². The number of nitro groups is 1. The summed E-state index contributed by atoms with van der Waals surface area (Å²) in [4.78, 5) is 24.1. The molecule has 1 aromatic heterocycles. The summed E-state index contributed by atoms with van der Waals surface area (Å²) in [6.45, 7) is 0. The highest BCUT2D eigenvalue weighted by atomic mass is 32.1.